The minimum absolute atomic E-state index is 0. The van der Waals surface area contributed by atoms with Gasteiger partial charge in [-0.05, 0) is 24.3 Å². The van der Waals surface area contributed by atoms with Gasteiger partial charge in [0.05, 0.1) is 11.4 Å². The molecule has 14 heavy (non-hydrogen) atoms. The standard InChI is InChI=1S/C10H8N2.Al.Cu/c1-3-7-11-9(5-1)10-6-2-4-8-12-10;;/h1-8H;;. The van der Waals surface area contributed by atoms with E-state index in [4.69, 9.17) is 0 Å². The third-order valence-corrected chi connectivity index (χ3v) is 1.59. The first-order valence-electron chi connectivity index (χ1n) is 3.79. The van der Waals surface area contributed by atoms with Gasteiger partial charge in [-0.3, -0.25) is 9.97 Å². The van der Waals surface area contributed by atoms with Crippen LogP contribution in [0, 0.1) is 0 Å². The van der Waals surface area contributed by atoms with Gasteiger partial charge in [-0.25, -0.2) is 0 Å². The van der Waals surface area contributed by atoms with Gasteiger partial charge >= 0.3 is 0 Å². The summed E-state index contributed by atoms with van der Waals surface area (Å²) < 4.78 is 0. The molecule has 0 amide bonds. The second kappa shape index (κ2) is 6.75. The zero-order valence-corrected chi connectivity index (χ0v) is 9.49. The maximum Gasteiger partial charge on any atom is 0.0886 e. The Hall–Kier alpha value is -0.648. The fraction of sp³-hybridized carbons (Fsp3) is 0. The molecule has 2 aromatic heterocycles. The molecule has 0 unspecified atom stereocenters. The average Bonchev–Trinajstić information content (AvgIpc) is 2.21. The van der Waals surface area contributed by atoms with Gasteiger partial charge in [0.15, 0.2) is 0 Å². The second-order valence-corrected chi connectivity index (χ2v) is 2.43. The summed E-state index contributed by atoms with van der Waals surface area (Å²) in [6.07, 6.45) is 3.54. The topological polar surface area (TPSA) is 25.8 Å². The van der Waals surface area contributed by atoms with Crippen LogP contribution in [-0.2, 0) is 17.1 Å². The van der Waals surface area contributed by atoms with E-state index in [0.717, 1.165) is 11.4 Å². The van der Waals surface area contributed by atoms with Crippen LogP contribution in [0.3, 0.4) is 0 Å². The SMILES string of the molecule is [Al].[Cu].c1ccc(-c2ccccn2)nc1. The Labute approximate surface area is 104 Å². The molecular weight excluding hydrogens is 239 g/mol. The normalized spacial score (nSPS) is 8.29. The van der Waals surface area contributed by atoms with Crippen LogP contribution in [0.4, 0.5) is 0 Å². The van der Waals surface area contributed by atoms with Crippen molar-refractivity contribution in [2.75, 3.05) is 0 Å². The summed E-state index contributed by atoms with van der Waals surface area (Å²) in [5.41, 5.74) is 1.83. The molecule has 2 nitrogen and oxygen atoms in total. The van der Waals surface area contributed by atoms with E-state index >= 15 is 0 Å². The van der Waals surface area contributed by atoms with Crippen molar-refractivity contribution in [3.05, 3.63) is 48.8 Å². The van der Waals surface area contributed by atoms with Gasteiger partial charge < -0.3 is 0 Å². The number of pyridine rings is 2. The Kier molecular flexibility index (Phi) is 6.44. The Bertz CT molecular complexity index is 316. The molecule has 0 aliphatic carbocycles. The van der Waals surface area contributed by atoms with Gasteiger partial charge in [0.25, 0.3) is 0 Å². The molecule has 0 fully saturated rings. The van der Waals surface area contributed by atoms with E-state index < -0.39 is 0 Å². The van der Waals surface area contributed by atoms with Crippen molar-refractivity contribution in [2.45, 2.75) is 0 Å². The predicted molar refractivity (Wildman–Crippen MR) is 53.2 cm³/mol. The number of rotatable bonds is 1. The van der Waals surface area contributed by atoms with E-state index in [2.05, 4.69) is 9.97 Å². The van der Waals surface area contributed by atoms with E-state index in [-0.39, 0.29) is 34.4 Å². The average molecular weight is 247 g/mol. The van der Waals surface area contributed by atoms with Crippen molar-refractivity contribution >= 4 is 17.4 Å². The monoisotopic (exact) mass is 246 g/mol. The fourth-order valence-corrected chi connectivity index (χ4v) is 1.03. The van der Waals surface area contributed by atoms with Crippen LogP contribution in [0.5, 0.6) is 0 Å². The Morgan fingerprint density at radius 1 is 0.714 bits per heavy atom. The molecule has 4 radical (unpaired) electrons. The zero-order chi connectivity index (χ0) is 8.23. The van der Waals surface area contributed by atoms with Gasteiger partial charge in [-0.1, -0.05) is 12.1 Å². The van der Waals surface area contributed by atoms with E-state index in [1.807, 2.05) is 36.4 Å². The molecule has 0 saturated heterocycles. The molecular formula is C10H8AlCuN2. The summed E-state index contributed by atoms with van der Waals surface area (Å²) >= 11 is 0. The van der Waals surface area contributed by atoms with Crippen molar-refractivity contribution in [2.24, 2.45) is 0 Å². The molecule has 4 heteroatoms. The van der Waals surface area contributed by atoms with Crippen LogP contribution in [-0.4, -0.2) is 27.3 Å². The van der Waals surface area contributed by atoms with Crippen LogP contribution in [0.2, 0.25) is 0 Å². The Balaban J connectivity index is 0.000000845. The quantitative estimate of drug-likeness (QED) is 0.717. The van der Waals surface area contributed by atoms with Gasteiger partial charge in [-0.15, -0.1) is 0 Å². The van der Waals surface area contributed by atoms with Crippen LogP contribution < -0.4 is 0 Å². The third kappa shape index (κ3) is 3.25. The van der Waals surface area contributed by atoms with Gasteiger partial charge in [0.1, 0.15) is 0 Å². The molecule has 0 spiro atoms. The summed E-state index contributed by atoms with van der Waals surface area (Å²) in [4.78, 5) is 8.37. The van der Waals surface area contributed by atoms with Crippen molar-refractivity contribution in [3.8, 4) is 11.4 Å². The van der Waals surface area contributed by atoms with Gasteiger partial charge in [0.2, 0.25) is 0 Å². The van der Waals surface area contributed by atoms with E-state index in [1.54, 1.807) is 12.4 Å². The van der Waals surface area contributed by atoms with Gasteiger partial charge in [-0.2, -0.15) is 0 Å². The summed E-state index contributed by atoms with van der Waals surface area (Å²) in [5.74, 6) is 0. The zero-order valence-electron chi connectivity index (χ0n) is 7.39. The Morgan fingerprint density at radius 3 is 1.43 bits per heavy atom. The first-order valence-corrected chi connectivity index (χ1v) is 3.79. The molecule has 0 aliphatic rings. The number of hydrogen-bond acceptors (Lipinski definition) is 2. The largest absolute Gasteiger partial charge is 0.255 e. The molecule has 0 aliphatic heterocycles. The number of aromatic nitrogens is 2. The van der Waals surface area contributed by atoms with E-state index in [0.29, 0.717) is 0 Å². The molecule has 0 atom stereocenters. The van der Waals surface area contributed by atoms with Crippen molar-refractivity contribution in [1.82, 2.24) is 9.97 Å². The van der Waals surface area contributed by atoms with Crippen LogP contribution in [0.1, 0.15) is 0 Å². The molecule has 2 aromatic rings. The van der Waals surface area contributed by atoms with E-state index in [9.17, 15) is 0 Å². The maximum atomic E-state index is 4.19. The van der Waals surface area contributed by atoms with Crippen LogP contribution >= 0.6 is 0 Å². The first kappa shape index (κ1) is 13.4. The summed E-state index contributed by atoms with van der Waals surface area (Å²) in [7, 11) is 0. The molecule has 2 heterocycles. The predicted octanol–water partition coefficient (Wildman–Crippen LogP) is 1.76. The molecule has 2 rings (SSSR count). The van der Waals surface area contributed by atoms with Gasteiger partial charge in [0, 0.05) is 46.8 Å². The molecule has 0 bridgehead atoms. The van der Waals surface area contributed by atoms with Crippen molar-refractivity contribution in [3.63, 3.8) is 0 Å². The second-order valence-electron chi connectivity index (χ2n) is 2.43. The fourth-order valence-electron chi connectivity index (χ4n) is 1.03. The smallest absolute Gasteiger partial charge is 0.0886 e. The summed E-state index contributed by atoms with van der Waals surface area (Å²) in [6, 6.07) is 11.6. The minimum Gasteiger partial charge on any atom is -0.255 e. The van der Waals surface area contributed by atoms with E-state index in [1.165, 1.54) is 0 Å². The maximum absolute atomic E-state index is 4.19. The Morgan fingerprint density at radius 2 is 1.14 bits per heavy atom. The third-order valence-electron chi connectivity index (χ3n) is 1.59. The first-order chi connectivity index (χ1) is 5.97. The molecule has 72 valence electrons. The van der Waals surface area contributed by atoms with Crippen LogP contribution in [0.25, 0.3) is 11.4 Å². The summed E-state index contributed by atoms with van der Waals surface area (Å²) in [6.45, 7) is 0. The van der Waals surface area contributed by atoms with Crippen molar-refractivity contribution in [1.29, 1.82) is 0 Å². The van der Waals surface area contributed by atoms with Crippen molar-refractivity contribution < 1.29 is 17.1 Å². The molecule has 0 N–H and O–H groups in total. The summed E-state index contributed by atoms with van der Waals surface area (Å²) in [5, 5.41) is 0. The minimum atomic E-state index is 0. The number of nitrogens with zero attached hydrogens (tertiary/aromatic N) is 2. The number of hydrogen-bond donors (Lipinski definition) is 0. The van der Waals surface area contributed by atoms with Crippen LogP contribution in [0.15, 0.2) is 48.8 Å². The molecule has 0 aromatic carbocycles. The molecule has 0 saturated carbocycles.